The summed E-state index contributed by atoms with van der Waals surface area (Å²) < 4.78 is 16.2. The second-order valence-corrected chi connectivity index (χ2v) is 6.21. The summed E-state index contributed by atoms with van der Waals surface area (Å²) in [6.45, 7) is 3.58. The Labute approximate surface area is 156 Å². The third kappa shape index (κ3) is 6.72. The first-order valence-corrected chi connectivity index (χ1v) is 8.41. The lowest BCUT2D eigenvalue weighted by Gasteiger charge is -2.37. The Morgan fingerprint density at radius 1 is 1.20 bits per heavy atom. The molecule has 1 aliphatic rings. The molecule has 142 valence electrons. The van der Waals surface area contributed by atoms with E-state index in [1.165, 1.54) is 0 Å². The number of carbonyl (C=O) groups excluding carboxylic acids is 1. The molecule has 1 amide bonds. The van der Waals surface area contributed by atoms with Crippen LogP contribution in [0.4, 0.5) is 0 Å². The molecule has 1 aromatic rings. The third-order valence-electron chi connectivity index (χ3n) is 4.43. The zero-order chi connectivity index (χ0) is 17.3. The van der Waals surface area contributed by atoms with Gasteiger partial charge in [0, 0.05) is 19.1 Å². The normalized spacial score (nSPS) is 15.8. The van der Waals surface area contributed by atoms with Gasteiger partial charge in [0.05, 0.1) is 26.7 Å². The van der Waals surface area contributed by atoms with Crippen molar-refractivity contribution in [1.29, 1.82) is 0 Å². The molecule has 2 rings (SSSR count). The first-order valence-electron chi connectivity index (χ1n) is 8.41. The molecular formula is C18H29ClN2O4. The second-order valence-electron chi connectivity index (χ2n) is 6.21. The van der Waals surface area contributed by atoms with Gasteiger partial charge in [-0.25, -0.2) is 0 Å². The van der Waals surface area contributed by atoms with Gasteiger partial charge in [0.2, 0.25) is 5.91 Å². The SMILES string of the molecule is COCC1(CNC(=O)CCOc2ccccc2OC)CCNCC1.Cl. The maximum atomic E-state index is 12.1. The number of ether oxygens (including phenoxy) is 3. The predicted octanol–water partition coefficient (Wildman–Crippen LogP) is 2.02. The summed E-state index contributed by atoms with van der Waals surface area (Å²) in [5.74, 6) is 1.33. The topological polar surface area (TPSA) is 68.8 Å². The lowest BCUT2D eigenvalue weighted by molar-refractivity contribution is -0.122. The number of nitrogens with one attached hydrogen (secondary N) is 2. The number of hydrogen-bond donors (Lipinski definition) is 2. The van der Waals surface area contributed by atoms with E-state index in [0.717, 1.165) is 25.9 Å². The van der Waals surface area contributed by atoms with E-state index < -0.39 is 0 Å². The Morgan fingerprint density at radius 3 is 2.52 bits per heavy atom. The van der Waals surface area contributed by atoms with Crippen LogP contribution < -0.4 is 20.1 Å². The number of benzene rings is 1. The Balaban J connectivity index is 0.00000312. The van der Waals surface area contributed by atoms with Crippen LogP contribution in [0.2, 0.25) is 0 Å². The largest absolute Gasteiger partial charge is 0.493 e. The molecule has 0 unspecified atom stereocenters. The number of amides is 1. The molecule has 0 spiro atoms. The van der Waals surface area contributed by atoms with Gasteiger partial charge in [-0.05, 0) is 38.1 Å². The Morgan fingerprint density at radius 2 is 1.88 bits per heavy atom. The lowest BCUT2D eigenvalue weighted by atomic mass is 9.79. The van der Waals surface area contributed by atoms with E-state index in [1.54, 1.807) is 14.2 Å². The van der Waals surface area contributed by atoms with Crippen molar-refractivity contribution in [3.05, 3.63) is 24.3 Å². The molecule has 0 aromatic heterocycles. The lowest BCUT2D eigenvalue weighted by Crippen LogP contribution is -2.47. The minimum absolute atomic E-state index is 0. The van der Waals surface area contributed by atoms with Crippen LogP contribution in [0.25, 0.3) is 0 Å². The summed E-state index contributed by atoms with van der Waals surface area (Å²) in [4.78, 5) is 12.1. The van der Waals surface area contributed by atoms with Gasteiger partial charge >= 0.3 is 0 Å². The predicted molar refractivity (Wildman–Crippen MR) is 99.8 cm³/mol. The van der Waals surface area contributed by atoms with E-state index >= 15 is 0 Å². The number of carbonyl (C=O) groups is 1. The smallest absolute Gasteiger partial charge is 0.223 e. The van der Waals surface area contributed by atoms with Gasteiger partial charge in [0.25, 0.3) is 0 Å². The number of methoxy groups -OCH3 is 2. The number of hydrogen-bond acceptors (Lipinski definition) is 5. The van der Waals surface area contributed by atoms with Crippen LogP contribution in [-0.2, 0) is 9.53 Å². The van der Waals surface area contributed by atoms with Gasteiger partial charge in [0.1, 0.15) is 0 Å². The first-order chi connectivity index (χ1) is 11.7. The summed E-state index contributed by atoms with van der Waals surface area (Å²) in [6.07, 6.45) is 2.34. The van der Waals surface area contributed by atoms with Crippen molar-refractivity contribution in [2.45, 2.75) is 19.3 Å². The van der Waals surface area contributed by atoms with E-state index in [4.69, 9.17) is 14.2 Å². The fourth-order valence-electron chi connectivity index (χ4n) is 3.00. The second kappa shape index (κ2) is 11.2. The monoisotopic (exact) mass is 372 g/mol. The van der Waals surface area contributed by atoms with Crippen LogP contribution in [0.3, 0.4) is 0 Å². The van der Waals surface area contributed by atoms with Gasteiger partial charge in [-0.1, -0.05) is 12.1 Å². The summed E-state index contributed by atoms with van der Waals surface area (Å²) in [5.41, 5.74) is 0.0408. The standard InChI is InChI=1S/C18H28N2O4.ClH/c1-22-14-18(8-10-19-11-9-18)13-20-17(21)7-12-24-16-6-4-3-5-15(16)23-2;/h3-6,19H,7-14H2,1-2H3,(H,20,21);1H. The average molecular weight is 373 g/mol. The Kier molecular flexibility index (Phi) is 9.63. The van der Waals surface area contributed by atoms with Crippen molar-refractivity contribution in [3.63, 3.8) is 0 Å². The summed E-state index contributed by atoms with van der Waals surface area (Å²) >= 11 is 0. The molecule has 2 N–H and O–H groups in total. The minimum atomic E-state index is -0.00101. The van der Waals surface area contributed by atoms with Crippen LogP contribution in [0, 0.1) is 5.41 Å². The van der Waals surface area contributed by atoms with Crippen LogP contribution >= 0.6 is 12.4 Å². The molecule has 0 bridgehead atoms. The molecule has 7 heteroatoms. The number of rotatable bonds is 9. The van der Waals surface area contributed by atoms with Crippen LogP contribution in [0.15, 0.2) is 24.3 Å². The molecule has 1 fully saturated rings. The van der Waals surface area contributed by atoms with E-state index in [2.05, 4.69) is 10.6 Å². The van der Waals surface area contributed by atoms with E-state index in [0.29, 0.717) is 37.7 Å². The molecule has 0 radical (unpaired) electrons. The highest BCUT2D eigenvalue weighted by Crippen LogP contribution is 2.28. The highest BCUT2D eigenvalue weighted by Gasteiger charge is 2.32. The van der Waals surface area contributed by atoms with Crippen LogP contribution in [0.1, 0.15) is 19.3 Å². The van der Waals surface area contributed by atoms with Crippen molar-refractivity contribution in [1.82, 2.24) is 10.6 Å². The molecule has 1 saturated heterocycles. The molecule has 1 aromatic carbocycles. The quantitative estimate of drug-likeness (QED) is 0.694. The molecule has 0 saturated carbocycles. The first kappa shape index (κ1) is 21.5. The minimum Gasteiger partial charge on any atom is -0.493 e. The molecule has 0 aliphatic carbocycles. The zero-order valence-corrected chi connectivity index (χ0v) is 15.8. The number of halogens is 1. The van der Waals surface area contributed by atoms with Crippen molar-refractivity contribution >= 4 is 18.3 Å². The van der Waals surface area contributed by atoms with Crippen LogP contribution in [-0.4, -0.2) is 53.0 Å². The van der Waals surface area contributed by atoms with Crippen LogP contribution in [0.5, 0.6) is 11.5 Å². The average Bonchev–Trinajstić information content (AvgIpc) is 2.61. The molecule has 1 aliphatic heterocycles. The van der Waals surface area contributed by atoms with Gasteiger partial charge in [-0.15, -0.1) is 12.4 Å². The molecule has 1 heterocycles. The summed E-state index contributed by atoms with van der Waals surface area (Å²) in [6, 6.07) is 7.43. The highest BCUT2D eigenvalue weighted by atomic mass is 35.5. The fourth-order valence-corrected chi connectivity index (χ4v) is 3.00. The molecular weight excluding hydrogens is 344 g/mol. The highest BCUT2D eigenvalue weighted by molar-refractivity contribution is 5.85. The van der Waals surface area contributed by atoms with Crippen molar-refractivity contribution in [3.8, 4) is 11.5 Å². The summed E-state index contributed by atoms with van der Waals surface area (Å²) in [5, 5.41) is 6.38. The maximum Gasteiger partial charge on any atom is 0.223 e. The Hall–Kier alpha value is -1.50. The molecule has 6 nitrogen and oxygen atoms in total. The van der Waals surface area contributed by atoms with Gasteiger partial charge in [-0.2, -0.15) is 0 Å². The van der Waals surface area contributed by atoms with Gasteiger partial charge in [0.15, 0.2) is 11.5 Å². The van der Waals surface area contributed by atoms with Gasteiger partial charge in [-0.3, -0.25) is 4.79 Å². The Bertz CT molecular complexity index is 516. The number of piperidine rings is 1. The van der Waals surface area contributed by atoms with E-state index in [-0.39, 0.29) is 23.7 Å². The summed E-state index contributed by atoms with van der Waals surface area (Å²) in [7, 11) is 3.32. The molecule has 25 heavy (non-hydrogen) atoms. The zero-order valence-electron chi connectivity index (χ0n) is 15.0. The van der Waals surface area contributed by atoms with Gasteiger partial charge < -0.3 is 24.8 Å². The number of para-hydroxylation sites is 2. The van der Waals surface area contributed by atoms with Crippen molar-refractivity contribution in [2.24, 2.45) is 5.41 Å². The van der Waals surface area contributed by atoms with E-state index in [1.807, 2.05) is 24.3 Å². The fraction of sp³-hybridized carbons (Fsp3) is 0.611. The van der Waals surface area contributed by atoms with Crippen molar-refractivity contribution < 1.29 is 19.0 Å². The van der Waals surface area contributed by atoms with E-state index in [9.17, 15) is 4.79 Å². The maximum absolute atomic E-state index is 12.1. The third-order valence-corrected chi connectivity index (χ3v) is 4.43. The van der Waals surface area contributed by atoms with Crippen molar-refractivity contribution in [2.75, 3.05) is 47.1 Å². The molecule has 0 atom stereocenters.